The highest BCUT2D eigenvalue weighted by molar-refractivity contribution is 7.80. The number of carbonyl (C=O) groups excluding carboxylic acids is 1. The fraction of sp³-hybridized carbons (Fsp3) is 0.833. The van der Waals surface area contributed by atoms with E-state index in [0.29, 0.717) is 18.2 Å². The van der Waals surface area contributed by atoms with Crippen LogP contribution >= 0.6 is 12.2 Å². The lowest BCUT2D eigenvalue weighted by Crippen LogP contribution is -2.55. The van der Waals surface area contributed by atoms with Gasteiger partial charge in [0.2, 0.25) is 5.91 Å². The molecule has 0 radical (unpaired) electrons. The predicted octanol–water partition coefficient (Wildman–Crippen LogP) is 1.13. The molecule has 0 aromatic rings. The Labute approximate surface area is 107 Å². The van der Waals surface area contributed by atoms with E-state index in [1.807, 2.05) is 6.92 Å². The molecule has 1 heterocycles. The number of amides is 1. The maximum absolute atomic E-state index is 12.4. The van der Waals surface area contributed by atoms with Gasteiger partial charge in [-0.3, -0.25) is 4.79 Å². The van der Waals surface area contributed by atoms with Gasteiger partial charge in [0.1, 0.15) is 0 Å². The number of rotatable bonds is 3. The Morgan fingerprint density at radius 1 is 1.35 bits per heavy atom. The van der Waals surface area contributed by atoms with Crippen molar-refractivity contribution in [3.05, 3.63) is 0 Å². The largest absolute Gasteiger partial charge is 0.392 e. The number of hydrogen-bond acceptors (Lipinski definition) is 3. The maximum Gasteiger partial charge on any atom is 0.233 e. The summed E-state index contributed by atoms with van der Waals surface area (Å²) in [5.41, 5.74) is 4.93. The van der Waals surface area contributed by atoms with Crippen LogP contribution in [0.4, 0.5) is 0 Å². The van der Waals surface area contributed by atoms with Crippen LogP contribution in [0, 0.1) is 5.41 Å². The first-order valence-corrected chi connectivity index (χ1v) is 6.60. The molecular formula is C12H20N2O2S. The molecule has 1 aliphatic heterocycles. The zero-order valence-corrected chi connectivity index (χ0v) is 11.1. The molecule has 17 heavy (non-hydrogen) atoms. The first kappa shape index (κ1) is 12.8. The van der Waals surface area contributed by atoms with Crippen LogP contribution in [-0.4, -0.2) is 29.6 Å². The second-order valence-corrected chi connectivity index (χ2v) is 5.91. The molecule has 4 nitrogen and oxygen atoms in total. The Hall–Kier alpha value is -0.680. The van der Waals surface area contributed by atoms with Crippen molar-refractivity contribution in [1.82, 2.24) is 5.32 Å². The van der Waals surface area contributed by atoms with Crippen LogP contribution in [-0.2, 0) is 9.53 Å². The lowest BCUT2D eigenvalue weighted by molar-refractivity contribution is -0.129. The van der Waals surface area contributed by atoms with Crippen LogP contribution in [0.1, 0.15) is 39.0 Å². The fourth-order valence-electron chi connectivity index (χ4n) is 2.72. The normalized spacial score (nSPS) is 31.4. The summed E-state index contributed by atoms with van der Waals surface area (Å²) >= 11 is 5.11. The maximum atomic E-state index is 12.4. The highest BCUT2D eigenvalue weighted by Gasteiger charge is 2.46. The van der Waals surface area contributed by atoms with E-state index in [1.54, 1.807) is 0 Å². The first-order valence-electron chi connectivity index (χ1n) is 6.19. The summed E-state index contributed by atoms with van der Waals surface area (Å²) in [6.45, 7) is 3.29. The summed E-state index contributed by atoms with van der Waals surface area (Å²) in [6, 6.07) is 0. The van der Waals surface area contributed by atoms with Gasteiger partial charge < -0.3 is 15.8 Å². The summed E-state index contributed by atoms with van der Waals surface area (Å²) in [5.74, 6) is -0.00417. The second-order valence-electron chi connectivity index (χ2n) is 5.47. The van der Waals surface area contributed by atoms with Crippen LogP contribution in [0.5, 0.6) is 0 Å². The van der Waals surface area contributed by atoms with E-state index in [4.69, 9.17) is 22.7 Å². The Kier molecular flexibility index (Phi) is 3.41. The lowest BCUT2D eigenvalue weighted by atomic mass is 9.84. The minimum absolute atomic E-state index is 0.00417. The Balaban J connectivity index is 2.10. The van der Waals surface area contributed by atoms with E-state index >= 15 is 0 Å². The zero-order chi connectivity index (χ0) is 12.5. The number of nitrogens with one attached hydrogen (secondary N) is 1. The summed E-state index contributed by atoms with van der Waals surface area (Å²) in [6.07, 6.45) is 4.47. The van der Waals surface area contributed by atoms with Crippen molar-refractivity contribution in [2.24, 2.45) is 11.1 Å². The van der Waals surface area contributed by atoms with Gasteiger partial charge >= 0.3 is 0 Å². The molecular weight excluding hydrogens is 236 g/mol. The molecule has 0 spiro atoms. The number of ether oxygens (including phenoxy) is 1. The molecule has 1 unspecified atom stereocenters. The minimum atomic E-state index is -0.610. The molecule has 0 aromatic carbocycles. The lowest BCUT2D eigenvalue weighted by Gasteiger charge is -2.32. The van der Waals surface area contributed by atoms with E-state index in [2.05, 4.69) is 5.32 Å². The van der Waals surface area contributed by atoms with Gasteiger partial charge in [-0.25, -0.2) is 0 Å². The van der Waals surface area contributed by atoms with Gasteiger partial charge in [0.05, 0.1) is 22.5 Å². The van der Waals surface area contributed by atoms with Crippen LogP contribution in [0.25, 0.3) is 0 Å². The zero-order valence-electron chi connectivity index (χ0n) is 10.3. The average molecular weight is 256 g/mol. The van der Waals surface area contributed by atoms with Crippen LogP contribution in [0.3, 0.4) is 0 Å². The van der Waals surface area contributed by atoms with Crippen molar-refractivity contribution in [1.29, 1.82) is 0 Å². The highest BCUT2D eigenvalue weighted by Crippen LogP contribution is 2.39. The number of thiocarbonyl (C=S) groups is 1. The van der Waals surface area contributed by atoms with Gasteiger partial charge in [-0.1, -0.05) is 25.1 Å². The predicted molar refractivity (Wildman–Crippen MR) is 69.7 cm³/mol. The summed E-state index contributed by atoms with van der Waals surface area (Å²) < 4.78 is 5.34. The average Bonchev–Trinajstić information content (AvgIpc) is 2.86. The third-order valence-electron chi connectivity index (χ3n) is 4.00. The summed E-state index contributed by atoms with van der Waals surface area (Å²) in [5, 5.41) is 3.09. The number of carbonyl (C=O) groups is 1. The molecule has 0 bridgehead atoms. The monoisotopic (exact) mass is 256 g/mol. The van der Waals surface area contributed by atoms with Crippen molar-refractivity contribution >= 4 is 23.1 Å². The van der Waals surface area contributed by atoms with Crippen molar-refractivity contribution in [3.8, 4) is 0 Å². The number of nitrogens with two attached hydrogens (primary N) is 1. The van der Waals surface area contributed by atoms with E-state index in [-0.39, 0.29) is 11.4 Å². The topological polar surface area (TPSA) is 64.4 Å². The van der Waals surface area contributed by atoms with Gasteiger partial charge in [0.15, 0.2) is 0 Å². The van der Waals surface area contributed by atoms with E-state index in [1.165, 1.54) is 0 Å². The van der Waals surface area contributed by atoms with E-state index in [9.17, 15) is 4.79 Å². The molecule has 96 valence electrons. The van der Waals surface area contributed by atoms with Gasteiger partial charge in [-0.05, 0) is 26.2 Å². The first-order chi connectivity index (χ1) is 7.99. The van der Waals surface area contributed by atoms with Crippen LogP contribution < -0.4 is 11.1 Å². The molecule has 1 saturated heterocycles. The van der Waals surface area contributed by atoms with E-state index < -0.39 is 5.41 Å². The van der Waals surface area contributed by atoms with Gasteiger partial charge in [-0.2, -0.15) is 0 Å². The Morgan fingerprint density at radius 3 is 2.47 bits per heavy atom. The number of hydrogen-bond donors (Lipinski definition) is 2. The van der Waals surface area contributed by atoms with Gasteiger partial charge in [-0.15, -0.1) is 0 Å². The second kappa shape index (κ2) is 4.53. The fourth-order valence-corrected chi connectivity index (χ4v) is 3.02. The van der Waals surface area contributed by atoms with Crippen molar-refractivity contribution in [2.45, 2.75) is 44.6 Å². The van der Waals surface area contributed by atoms with Gasteiger partial charge in [0, 0.05) is 6.61 Å². The standard InChI is InChI=1S/C12H20N2O2S/c1-11(6-7-16-8-11)14-10(15)12(9(13)17)4-2-3-5-12/h2-8H2,1H3,(H2,13,17)(H,14,15). The third-order valence-corrected chi connectivity index (χ3v) is 4.39. The van der Waals surface area contributed by atoms with Crippen molar-refractivity contribution < 1.29 is 9.53 Å². The molecule has 0 aromatic heterocycles. The van der Waals surface area contributed by atoms with Crippen molar-refractivity contribution in [3.63, 3.8) is 0 Å². The van der Waals surface area contributed by atoms with Gasteiger partial charge in [0.25, 0.3) is 0 Å². The quantitative estimate of drug-likeness (QED) is 0.743. The summed E-state index contributed by atoms with van der Waals surface area (Å²) in [4.78, 5) is 12.8. The summed E-state index contributed by atoms with van der Waals surface area (Å²) in [7, 11) is 0. The van der Waals surface area contributed by atoms with Crippen LogP contribution in [0.15, 0.2) is 0 Å². The van der Waals surface area contributed by atoms with E-state index in [0.717, 1.165) is 32.1 Å². The molecule has 5 heteroatoms. The minimum Gasteiger partial charge on any atom is -0.392 e. The highest BCUT2D eigenvalue weighted by atomic mass is 32.1. The van der Waals surface area contributed by atoms with Crippen LogP contribution in [0.2, 0.25) is 0 Å². The molecule has 2 rings (SSSR count). The third kappa shape index (κ3) is 2.31. The molecule has 1 atom stereocenters. The molecule has 1 saturated carbocycles. The Morgan fingerprint density at radius 2 is 2.00 bits per heavy atom. The molecule has 1 amide bonds. The molecule has 3 N–H and O–H groups in total. The smallest absolute Gasteiger partial charge is 0.233 e. The molecule has 1 aliphatic carbocycles. The molecule has 2 aliphatic rings. The Bertz CT molecular complexity index is 331. The molecule has 2 fully saturated rings. The van der Waals surface area contributed by atoms with Crippen molar-refractivity contribution in [2.75, 3.05) is 13.2 Å². The SMILES string of the molecule is CC1(NC(=O)C2(C(N)=S)CCCC2)CCOC1.